The fourth-order valence-electron chi connectivity index (χ4n) is 0.220. The van der Waals surface area contributed by atoms with E-state index in [1.807, 2.05) is 0 Å². The average molecular weight is 228 g/mol. The van der Waals surface area contributed by atoms with Crippen LogP contribution in [0.4, 0.5) is 0 Å². The predicted octanol–water partition coefficient (Wildman–Crippen LogP) is -0.0933. The van der Waals surface area contributed by atoms with Gasteiger partial charge in [-0.2, -0.15) is 0 Å². The molecule has 11 heavy (non-hydrogen) atoms. The highest BCUT2D eigenvalue weighted by molar-refractivity contribution is 8.35. The maximum absolute atomic E-state index is 5.03. The first-order valence-corrected chi connectivity index (χ1v) is 5.26. The van der Waals surface area contributed by atoms with Gasteiger partial charge in [0.05, 0.1) is 5.08 Å². The predicted molar refractivity (Wildman–Crippen MR) is 59.9 cm³/mol. The first-order chi connectivity index (χ1) is 5.20. The lowest BCUT2D eigenvalue weighted by Crippen LogP contribution is -2.27. The SMILES string of the molecule is NNC(=S)SCSC(=S)NN. The fourth-order valence-corrected chi connectivity index (χ4v) is 2.34. The van der Waals surface area contributed by atoms with Crippen molar-refractivity contribution in [2.75, 3.05) is 5.08 Å². The molecule has 0 amide bonds. The summed E-state index contributed by atoms with van der Waals surface area (Å²) in [6.45, 7) is 0. The number of nitrogens with one attached hydrogen (secondary N) is 2. The molecule has 0 fully saturated rings. The van der Waals surface area contributed by atoms with Crippen LogP contribution >= 0.6 is 48.0 Å². The molecule has 0 spiro atoms. The summed E-state index contributed by atoms with van der Waals surface area (Å²) in [5.74, 6) is 10.1. The molecule has 0 aliphatic carbocycles. The second kappa shape index (κ2) is 7.07. The summed E-state index contributed by atoms with van der Waals surface area (Å²) >= 11 is 12.3. The number of hydrogen-bond donors (Lipinski definition) is 4. The van der Waals surface area contributed by atoms with Gasteiger partial charge in [-0.05, 0) is 0 Å². The van der Waals surface area contributed by atoms with Crippen LogP contribution in [0, 0.1) is 0 Å². The largest absolute Gasteiger partial charge is 0.309 e. The highest BCUT2D eigenvalue weighted by atomic mass is 32.2. The van der Waals surface area contributed by atoms with Gasteiger partial charge >= 0.3 is 0 Å². The van der Waals surface area contributed by atoms with Gasteiger partial charge in [-0.25, -0.2) is 11.7 Å². The minimum absolute atomic E-state index is 0.539. The van der Waals surface area contributed by atoms with E-state index in [2.05, 4.69) is 10.9 Å². The van der Waals surface area contributed by atoms with Crippen molar-refractivity contribution in [3.8, 4) is 0 Å². The molecule has 0 aliphatic rings. The lowest BCUT2D eigenvalue weighted by Gasteiger charge is -2.02. The molecular formula is C3H8N4S4. The third kappa shape index (κ3) is 6.78. The molecule has 4 nitrogen and oxygen atoms in total. The Kier molecular flexibility index (Phi) is 7.33. The first-order valence-electron chi connectivity index (χ1n) is 2.47. The summed E-state index contributed by atoms with van der Waals surface area (Å²) in [5.41, 5.74) is 4.69. The molecule has 64 valence electrons. The number of rotatable bonds is 2. The highest BCUT2D eigenvalue weighted by Crippen LogP contribution is 2.12. The molecule has 0 unspecified atom stereocenters. The van der Waals surface area contributed by atoms with Crippen LogP contribution in [-0.2, 0) is 0 Å². The van der Waals surface area contributed by atoms with Crippen LogP contribution in [0.2, 0.25) is 0 Å². The summed E-state index contributed by atoms with van der Waals surface area (Å²) in [4.78, 5) is 0. The van der Waals surface area contributed by atoms with Gasteiger partial charge in [-0.3, -0.25) is 0 Å². The monoisotopic (exact) mass is 228 g/mol. The molecule has 0 radical (unpaired) electrons. The van der Waals surface area contributed by atoms with E-state index in [1.54, 1.807) is 0 Å². The van der Waals surface area contributed by atoms with Gasteiger partial charge in [-0.15, -0.1) is 0 Å². The fraction of sp³-hybridized carbons (Fsp3) is 0.333. The van der Waals surface area contributed by atoms with Crippen LogP contribution in [0.15, 0.2) is 0 Å². The van der Waals surface area contributed by atoms with Crippen molar-refractivity contribution < 1.29 is 0 Å². The maximum atomic E-state index is 5.03. The van der Waals surface area contributed by atoms with Crippen LogP contribution < -0.4 is 22.5 Å². The van der Waals surface area contributed by atoms with Crippen LogP contribution in [0.1, 0.15) is 0 Å². The van der Waals surface area contributed by atoms with Crippen LogP contribution in [-0.4, -0.2) is 13.7 Å². The zero-order chi connectivity index (χ0) is 8.69. The molecule has 6 N–H and O–H groups in total. The first kappa shape index (κ1) is 11.4. The minimum Gasteiger partial charge on any atom is -0.309 e. The normalized spacial score (nSPS) is 8.91. The van der Waals surface area contributed by atoms with E-state index in [9.17, 15) is 0 Å². The molecule has 0 aromatic carbocycles. The van der Waals surface area contributed by atoms with E-state index in [0.717, 1.165) is 0 Å². The van der Waals surface area contributed by atoms with Crippen molar-refractivity contribution in [2.45, 2.75) is 0 Å². The Bertz CT molecular complexity index is 132. The van der Waals surface area contributed by atoms with E-state index >= 15 is 0 Å². The minimum atomic E-state index is 0.539. The Morgan fingerprint density at radius 1 is 1.09 bits per heavy atom. The van der Waals surface area contributed by atoms with Crippen molar-refractivity contribution in [3.05, 3.63) is 0 Å². The van der Waals surface area contributed by atoms with Gasteiger partial charge < -0.3 is 10.9 Å². The van der Waals surface area contributed by atoms with E-state index in [0.29, 0.717) is 13.7 Å². The third-order valence-electron chi connectivity index (χ3n) is 0.616. The Labute approximate surface area is 84.2 Å². The number of hydrogen-bond acceptors (Lipinski definition) is 6. The van der Waals surface area contributed by atoms with Crippen molar-refractivity contribution in [2.24, 2.45) is 11.7 Å². The molecule has 8 heteroatoms. The number of nitrogens with two attached hydrogens (primary N) is 2. The van der Waals surface area contributed by atoms with Gasteiger partial charge in [0.1, 0.15) is 8.64 Å². The van der Waals surface area contributed by atoms with Gasteiger partial charge in [-0.1, -0.05) is 48.0 Å². The van der Waals surface area contributed by atoms with Crippen molar-refractivity contribution >= 4 is 56.6 Å². The molecule has 0 bridgehead atoms. The average Bonchev–Trinajstić information content (AvgIpc) is 2.04. The van der Waals surface area contributed by atoms with Gasteiger partial charge in [0.15, 0.2) is 0 Å². The maximum Gasteiger partial charge on any atom is 0.148 e. The number of hydrazine groups is 2. The second-order valence-electron chi connectivity index (χ2n) is 1.27. The molecule has 0 aromatic heterocycles. The van der Waals surface area contributed by atoms with Crippen molar-refractivity contribution in [1.29, 1.82) is 0 Å². The zero-order valence-corrected chi connectivity index (χ0v) is 8.76. The van der Waals surface area contributed by atoms with Crippen LogP contribution in [0.5, 0.6) is 0 Å². The Balaban J connectivity index is 3.27. The standard InChI is InChI=1S/C3H8N4S4/c4-6-2(8)10-1-11-3(9)7-5/h1,4-5H2,(H,6,8)(H,7,9). The molecule has 0 saturated carbocycles. The van der Waals surface area contributed by atoms with E-state index < -0.39 is 0 Å². The van der Waals surface area contributed by atoms with E-state index in [-0.39, 0.29) is 0 Å². The van der Waals surface area contributed by atoms with E-state index in [4.69, 9.17) is 36.1 Å². The smallest absolute Gasteiger partial charge is 0.148 e. The highest BCUT2D eigenvalue weighted by Gasteiger charge is 1.96. The van der Waals surface area contributed by atoms with Crippen molar-refractivity contribution in [1.82, 2.24) is 10.9 Å². The number of thioether (sulfide) groups is 2. The van der Waals surface area contributed by atoms with Gasteiger partial charge in [0.2, 0.25) is 0 Å². The Morgan fingerprint density at radius 3 is 1.73 bits per heavy atom. The van der Waals surface area contributed by atoms with Crippen LogP contribution in [0.3, 0.4) is 0 Å². The molecule has 0 aliphatic heterocycles. The summed E-state index contributed by atoms with van der Waals surface area (Å²) in [5, 5.41) is 0.700. The lowest BCUT2D eigenvalue weighted by atomic mass is 11.5. The van der Waals surface area contributed by atoms with Gasteiger partial charge in [0, 0.05) is 0 Å². The van der Waals surface area contributed by atoms with Gasteiger partial charge in [0.25, 0.3) is 0 Å². The van der Waals surface area contributed by atoms with E-state index in [1.165, 1.54) is 23.5 Å². The molecule has 0 heterocycles. The molecule has 0 aromatic rings. The quantitative estimate of drug-likeness (QED) is 0.226. The summed E-state index contributed by atoms with van der Waals surface area (Å²) in [6.07, 6.45) is 0. The van der Waals surface area contributed by atoms with Crippen molar-refractivity contribution in [3.63, 3.8) is 0 Å². The number of thiocarbonyl (C=S) groups is 2. The topological polar surface area (TPSA) is 76.1 Å². The van der Waals surface area contributed by atoms with Crippen LogP contribution in [0.25, 0.3) is 0 Å². The third-order valence-corrected chi connectivity index (χ3v) is 3.26. The molecule has 0 saturated heterocycles. The molecular weight excluding hydrogens is 220 g/mol. The summed E-state index contributed by atoms with van der Waals surface area (Å²) in [7, 11) is 0. The molecule has 0 rings (SSSR count). The Morgan fingerprint density at radius 2 is 1.45 bits per heavy atom. The zero-order valence-electron chi connectivity index (χ0n) is 5.49. The second-order valence-corrected chi connectivity index (χ2v) is 4.94. The summed E-state index contributed by atoms with van der Waals surface area (Å²) in [6, 6.07) is 0. The summed E-state index contributed by atoms with van der Waals surface area (Å²) < 4.78 is 1.08. The lowest BCUT2D eigenvalue weighted by molar-refractivity contribution is 1.07. The molecule has 0 atom stereocenters. The Hall–Kier alpha value is 0.400.